The zero-order valence-corrected chi connectivity index (χ0v) is 25.2. The first-order chi connectivity index (χ1) is 14.5. The minimum Gasteiger partial charge on any atom is -0.0683 e. The third-order valence-corrected chi connectivity index (χ3v) is 4.91. The van der Waals surface area contributed by atoms with Crippen molar-refractivity contribution in [3.8, 4) is 0 Å². The van der Waals surface area contributed by atoms with Crippen molar-refractivity contribution in [2.24, 2.45) is 17.8 Å². The molecular weight excluding hydrogens is 360 g/mol. The Morgan fingerprint density at radius 1 is 0.467 bits per heavy atom. The molecule has 0 amide bonds. The Morgan fingerprint density at radius 3 is 1.13 bits per heavy atom. The highest BCUT2D eigenvalue weighted by molar-refractivity contribution is 4.68. The minimum absolute atomic E-state index is 0.927. The van der Waals surface area contributed by atoms with Crippen molar-refractivity contribution in [2.45, 2.75) is 181 Å². The van der Waals surface area contributed by atoms with Gasteiger partial charge in [0.05, 0.1) is 0 Å². The fourth-order valence-corrected chi connectivity index (χ4v) is 2.89. The first-order valence-electron chi connectivity index (χ1n) is 14.5. The van der Waals surface area contributed by atoms with Gasteiger partial charge >= 0.3 is 0 Å². The lowest BCUT2D eigenvalue weighted by molar-refractivity contribution is 0.271. The summed E-state index contributed by atoms with van der Waals surface area (Å²) >= 11 is 0. The van der Waals surface area contributed by atoms with Crippen LogP contribution in [0.4, 0.5) is 0 Å². The van der Waals surface area contributed by atoms with Crippen LogP contribution in [-0.4, -0.2) is 0 Å². The van der Waals surface area contributed by atoms with Gasteiger partial charge in [0.2, 0.25) is 0 Å². The molecule has 0 aliphatic heterocycles. The smallest absolute Gasteiger partial charge is 0.0389 e. The molecule has 3 atom stereocenters. The van der Waals surface area contributed by atoms with Gasteiger partial charge in [-0.1, -0.05) is 181 Å². The van der Waals surface area contributed by atoms with E-state index in [9.17, 15) is 0 Å². The summed E-state index contributed by atoms with van der Waals surface area (Å²) in [4.78, 5) is 0. The van der Waals surface area contributed by atoms with Crippen molar-refractivity contribution >= 4 is 0 Å². The normalized spacial score (nSPS) is 11.7. The van der Waals surface area contributed by atoms with Crippen LogP contribution in [0.3, 0.4) is 0 Å². The molecule has 0 radical (unpaired) electrons. The van der Waals surface area contributed by atoms with Gasteiger partial charge in [0.25, 0.3) is 0 Å². The molecule has 192 valence electrons. The Balaban J connectivity index is -0.0000000848. The van der Waals surface area contributed by atoms with Gasteiger partial charge in [0.15, 0.2) is 0 Å². The standard InChI is InChI=1S/C16H34.C5H12.C3H8.3C2H6/c1-6-9-11-16(10-7-2)15(5)13-12-14(4)8-3;1-3-5-4-2;1-3-2;3*1-2/h14-16H,6-13H2,1-5H3;3-5H2,1-2H3;3H2,1-2H3;3*1-2H3. The van der Waals surface area contributed by atoms with Crippen LogP contribution in [0.25, 0.3) is 0 Å². The van der Waals surface area contributed by atoms with Crippen molar-refractivity contribution in [1.29, 1.82) is 0 Å². The fourth-order valence-electron chi connectivity index (χ4n) is 2.89. The molecule has 0 saturated carbocycles. The van der Waals surface area contributed by atoms with Crippen molar-refractivity contribution < 1.29 is 0 Å². The molecule has 0 N–H and O–H groups in total. The van der Waals surface area contributed by atoms with Crippen LogP contribution < -0.4 is 0 Å². The molecule has 0 saturated heterocycles. The summed E-state index contributed by atoms with van der Waals surface area (Å²) in [7, 11) is 0. The van der Waals surface area contributed by atoms with Crippen LogP contribution in [0.2, 0.25) is 0 Å². The van der Waals surface area contributed by atoms with E-state index in [1.165, 1.54) is 77.0 Å². The van der Waals surface area contributed by atoms with Crippen LogP contribution in [0.5, 0.6) is 0 Å². The van der Waals surface area contributed by atoms with E-state index in [4.69, 9.17) is 0 Å². The molecule has 0 heterocycles. The third kappa shape index (κ3) is 51.0. The summed E-state index contributed by atoms with van der Waals surface area (Å²) < 4.78 is 0. The van der Waals surface area contributed by atoms with Gasteiger partial charge in [-0.2, -0.15) is 0 Å². The Kier molecular flexibility index (Phi) is 75.3. The molecule has 0 heteroatoms. The second-order valence-corrected chi connectivity index (χ2v) is 7.82. The highest BCUT2D eigenvalue weighted by Crippen LogP contribution is 2.28. The Bertz CT molecular complexity index is 182. The number of unbranched alkanes of at least 4 members (excludes halogenated alkanes) is 3. The van der Waals surface area contributed by atoms with Crippen LogP contribution in [0.15, 0.2) is 0 Å². The van der Waals surface area contributed by atoms with E-state index < -0.39 is 0 Å². The molecule has 0 rings (SSSR count). The molecule has 0 aromatic carbocycles. The SMILES string of the molecule is CC.CC.CC.CCC.CCCCC.CCCCC(CCC)C(C)CCC(C)CC. The second kappa shape index (κ2) is 51.6. The monoisotopic (exact) mass is 433 g/mol. The first kappa shape index (κ1) is 43.8. The van der Waals surface area contributed by atoms with Crippen LogP contribution in [-0.2, 0) is 0 Å². The van der Waals surface area contributed by atoms with Gasteiger partial charge in [-0.05, 0) is 17.8 Å². The largest absolute Gasteiger partial charge is 0.0683 e. The predicted octanol–water partition coefficient (Wildman–Crippen LogP) is 12.7. The fraction of sp³-hybridized carbons (Fsp3) is 1.00. The summed E-state index contributed by atoms with van der Waals surface area (Å²) in [5.74, 6) is 2.87. The van der Waals surface area contributed by atoms with E-state index in [1.807, 2.05) is 41.5 Å². The Morgan fingerprint density at radius 2 is 0.867 bits per heavy atom. The summed E-state index contributed by atoms with van der Waals surface area (Å²) in [6.07, 6.45) is 16.6. The molecule has 0 aliphatic carbocycles. The minimum atomic E-state index is 0.927. The lowest BCUT2D eigenvalue weighted by atomic mass is 9.81. The molecule has 30 heavy (non-hydrogen) atoms. The van der Waals surface area contributed by atoms with Crippen molar-refractivity contribution in [3.63, 3.8) is 0 Å². The Labute approximate surface area is 198 Å². The first-order valence-corrected chi connectivity index (χ1v) is 14.5. The third-order valence-electron chi connectivity index (χ3n) is 4.91. The molecule has 0 nitrogen and oxygen atoms in total. The highest BCUT2D eigenvalue weighted by atomic mass is 14.2. The maximum Gasteiger partial charge on any atom is -0.0389 e. The van der Waals surface area contributed by atoms with Gasteiger partial charge in [0.1, 0.15) is 0 Å². The topological polar surface area (TPSA) is 0 Å². The number of rotatable bonds is 12. The van der Waals surface area contributed by atoms with Crippen molar-refractivity contribution in [3.05, 3.63) is 0 Å². The molecule has 0 spiro atoms. The summed E-state index contributed by atoms with van der Waals surface area (Å²) in [6, 6.07) is 0. The molecule has 0 aliphatic rings. The van der Waals surface area contributed by atoms with E-state index in [-0.39, 0.29) is 0 Å². The number of hydrogen-bond acceptors (Lipinski definition) is 0. The lowest BCUT2D eigenvalue weighted by Gasteiger charge is -2.24. The van der Waals surface area contributed by atoms with Gasteiger partial charge in [-0.15, -0.1) is 0 Å². The maximum atomic E-state index is 2.48. The van der Waals surface area contributed by atoms with E-state index in [0.717, 1.165) is 17.8 Å². The van der Waals surface area contributed by atoms with Gasteiger partial charge < -0.3 is 0 Å². The molecule has 0 fully saturated rings. The molecule has 0 aromatic heterocycles. The average Bonchev–Trinajstić information content (AvgIpc) is 2.80. The molecular formula is C30H72. The average molecular weight is 433 g/mol. The molecule has 0 bridgehead atoms. The van der Waals surface area contributed by atoms with Gasteiger partial charge in [-0.3, -0.25) is 0 Å². The van der Waals surface area contributed by atoms with Gasteiger partial charge in [0, 0.05) is 0 Å². The predicted molar refractivity (Wildman–Crippen MR) is 151 cm³/mol. The van der Waals surface area contributed by atoms with Crippen LogP contribution >= 0.6 is 0 Å². The number of hydrogen-bond donors (Lipinski definition) is 0. The Hall–Kier alpha value is 0. The van der Waals surface area contributed by atoms with E-state index in [1.54, 1.807) is 0 Å². The van der Waals surface area contributed by atoms with Crippen LogP contribution in [0.1, 0.15) is 181 Å². The van der Waals surface area contributed by atoms with E-state index in [2.05, 4.69) is 62.3 Å². The summed E-state index contributed by atoms with van der Waals surface area (Å²) in [5.41, 5.74) is 0. The van der Waals surface area contributed by atoms with E-state index >= 15 is 0 Å². The van der Waals surface area contributed by atoms with Crippen molar-refractivity contribution in [2.75, 3.05) is 0 Å². The summed E-state index contributed by atoms with van der Waals surface area (Å²) in [6.45, 7) is 32.5. The van der Waals surface area contributed by atoms with Crippen molar-refractivity contribution in [1.82, 2.24) is 0 Å². The van der Waals surface area contributed by atoms with Gasteiger partial charge in [-0.25, -0.2) is 0 Å². The van der Waals surface area contributed by atoms with E-state index in [0.29, 0.717) is 0 Å². The zero-order chi connectivity index (χ0) is 25.2. The molecule has 3 unspecified atom stereocenters. The van der Waals surface area contributed by atoms with Crippen LogP contribution in [0, 0.1) is 17.8 Å². The quantitative estimate of drug-likeness (QED) is 0.287. The molecule has 0 aromatic rings. The lowest BCUT2D eigenvalue weighted by Crippen LogP contribution is -2.13. The maximum absolute atomic E-state index is 2.48. The second-order valence-electron chi connectivity index (χ2n) is 7.82. The summed E-state index contributed by atoms with van der Waals surface area (Å²) in [5, 5.41) is 0. The highest BCUT2D eigenvalue weighted by Gasteiger charge is 2.16. The zero-order valence-electron chi connectivity index (χ0n) is 25.2.